The molecule has 7 heteroatoms. The van der Waals surface area contributed by atoms with Crippen molar-refractivity contribution in [3.63, 3.8) is 0 Å². The summed E-state index contributed by atoms with van der Waals surface area (Å²) in [5.74, 6) is 0.311. The van der Waals surface area contributed by atoms with Gasteiger partial charge in [0, 0.05) is 18.8 Å². The maximum Gasteiger partial charge on any atom is 0.262 e. The van der Waals surface area contributed by atoms with Crippen LogP contribution >= 0.6 is 0 Å². The molecule has 138 valence electrons. The standard InChI is InChI=1S/C19H22N2O4S/c22-19(15-25-17-7-3-1-4-8-17)20-16-9-11-18(12-10-16)26(23,24)21-13-5-2-6-14-21/h1,3-4,7-12H,2,5-6,13-15H2,(H,20,22). The van der Waals surface area contributed by atoms with Gasteiger partial charge in [0.2, 0.25) is 10.0 Å². The summed E-state index contributed by atoms with van der Waals surface area (Å²) in [6, 6.07) is 15.3. The Kier molecular flexibility index (Phi) is 5.90. The molecule has 1 fully saturated rings. The number of carbonyl (C=O) groups is 1. The van der Waals surface area contributed by atoms with Crippen molar-refractivity contribution in [2.24, 2.45) is 0 Å². The van der Waals surface area contributed by atoms with Crippen LogP contribution in [0.15, 0.2) is 59.5 Å². The summed E-state index contributed by atoms with van der Waals surface area (Å²) in [6.07, 6.45) is 2.87. The minimum absolute atomic E-state index is 0.113. The molecule has 1 N–H and O–H groups in total. The molecule has 0 bridgehead atoms. The van der Waals surface area contributed by atoms with Crippen molar-refractivity contribution in [3.05, 3.63) is 54.6 Å². The second kappa shape index (κ2) is 8.33. The van der Waals surface area contributed by atoms with Crippen molar-refractivity contribution in [1.29, 1.82) is 0 Å². The van der Waals surface area contributed by atoms with Gasteiger partial charge in [-0.2, -0.15) is 4.31 Å². The summed E-state index contributed by atoms with van der Waals surface area (Å²) in [4.78, 5) is 12.2. The van der Waals surface area contributed by atoms with E-state index < -0.39 is 10.0 Å². The average Bonchev–Trinajstić information content (AvgIpc) is 2.68. The lowest BCUT2D eigenvalue weighted by Crippen LogP contribution is -2.35. The molecule has 1 amide bonds. The first-order valence-corrected chi connectivity index (χ1v) is 10.1. The van der Waals surface area contributed by atoms with Gasteiger partial charge in [0.05, 0.1) is 4.90 Å². The van der Waals surface area contributed by atoms with E-state index in [9.17, 15) is 13.2 Å². The van der Waals surface area contributed by atoms with Crippen LogP contribution in [0.1, 0.15) is 19.3 Å². The lowest BCUT2D eigenvalue weighted by molar-refractivity contribution is -0.118. The first-order chi connectivity index (χ1) is 12.6. The molecular formula is C19H22N2O4S. The molecule has 2 aromatic carbocycles. The summed E-state index contributed by atoms with van der Waals surface area (Å²) in [7, 11) is -3.46. The Morgan fingerprint density at radius 3 is 2.27 bits per heavy atom. The number of ether oxygens (including phenoxy) is 1. The number of nitrogens with one attached hydrogen (secondary N) is 1. The summed E-state index contributed by atoms with van der Waals surface area (Å²) in [5.41, 5.74) is 0.532. The van der Waals surface area contributed by atoms with Crippen molar-refractivity contribution in [1.82, 2.24) is 4.31 Å². The zero-order valence-electron chi connectivity index (χ0n) is 14.4. The van der Waals surface area contributed by atoms with E-state index in [1.54, 1.807) is 24.3 Å². The average molecular weight is 374 g/mol. The van der Waals surface area contributed by atoms with Crippen molar-refractivity contribution >= 4 is 21.6 Å². The third-order valence-electron chi connectivity index (χ3n) is 4.20. The van der Waals surface area contributed by atoms with Crippen molar-refractivity contribution in [2.75, 3.05) is 25.0 Å². The van der Waals surface area contributed by atoms with E-state index in [2.05, 4.69) is 5.32 Å². The minimum Gasteiger partial charge on any atom is -0.484 e. The number of hydrogen-bond donors (Lipinski definition) is 1. The van der Waals surface area contributed by atoms with Crippen LogP contribution in [0.25, 0.3) is 0 Å². The highest BCUT2D eigenvalue weighted by Gasteiger charge is 2.25. The highest BCUT2D eigenvalue weighted by Crippen LogP contribution is 2.22. The first kappa shape index (κ1) is 18.4. The Bertz CT molecular complexity index is 830. The van der Waals surface area contributed by atoms with Gasteiger partial charge < -0.3 is 10.1 Å². The van der Waals surface area contributed by atoms with Crippen LogP contribution in [0.5, 0.6) is 5.75 Å². The second-order valence-corrected chi connectivity index (χ2v) is 8.08. The number of rotatable bonds is 6. The number of carbonyl (C=O) groups excluding carboxylic acids is 1. The normalized spacial score (nSPS) is 15.4. The molecule has 2 aromatic rings. The molecule has 26 heavy (non-hydrogen) atoms. The number of amides is 1. The Morgan fingerprint density at radius 2 is 1.62 bits per heavy atom. The molecule has 0 aliphatic carbocycles. The van der Waals surface area contributed by atoms with E-state index in [1.807, 2.05) is 18.2 Å². The zero-order chi connectivity index (χ0) is 18.4. The zero-order valence-corrected chi connectivity index (χ0v) is 15.2. The molecular weight excluding hydrogens is 352 g/mol. The number of para-hydroxylation sites is 1. The van der Waals surface area contributed by atoms with Crippen LogP contribution in [0.4, 0.5) is 5.69 Å². The molecule has 0 radical (unpaired) electrons. The van der Waals surface area contributed by atoms with Crippen LogP contribution in [0.3, 0.4) is 0 Å². The van der Waals surface area contributed by atoms with Gasteiger partial charge in [-0.15, -0.1) is 0 Å². The molecule has 1 saturated heterocycles. The van der Waals surface area contributed by atoms with Crippen molar-refractivity contribution in [2.45, 2.75) is 24.2 Å². The highest BCUT2D eigenvalue weighted by atomic mass is 32.2. The molecule has 0 saturated carbocycles. The largest absolute Gasteiger partial charge is 0.484 e. The molecule has 0 unspecified atom stereocenters. The monoisotopic (exact) mass is 374 g/mol. The van der Waals surface area contributed by atoms with Gasteiger partial charge in [0.25, 0.3) is 5.91 Å². The molecule has 1 aliphatic heterocycles. The quantitative estimate of drug-likeness (QED) is 0.844. The lowest BCUT2D eigenvalue weighted by atomic mass is 10.2. The van der Waals surface area contributed by atoms with Gasteiger partial charge in [-0.1, -0.05) is 24.6 Å². The van der Waals surface area contributed by atoms with E-state index in [0.717, 1.165) is 19.3 Å². The predicted molar refractivity (Wildman–Crippen MR) is 99.6 cm³/mol. The molecule has 0 atom stereocenters. The number of sulfonamides is 1. The number of anilines is 1. The van der Waals surface area contributed by atoms with Gasteiger partial charge in [-0.25, -0.2) is 8.42 Å². The SMILES string of the molecule is O=C(COc1ccccc1)Nc1ccc(S(=O)(=O)N2CCCCC2)cc1. The summed E-state index contributed by atoms with van der Waals surface area (Å²) in [5, 5.41) is 2.70. The fourth-order valence-corrected chi connectivity index (χ4v) is 4.34. The number of piperidine rings is 1. The van der Waals surface area contributed by atoms with E-state index in [1.165, 1.54) is 16.4 Å². The number of benzene rings is 2. The molecule has 1 aliphatic rings. The van der Waals surface area contributed by atoms with Gasteiger partial charge >= 0.3 is 0 Å². The second-order valence-electron chi connectivity index (χ2n) is 6.14. The van der Waals surface area contributed by atoms with E-state index >= 15 is 0 Å². The fraction of sp³-hybridized carbons (Fsp3) is 0.316. The van der Waals surface area contributed by atoms with E-state index in [4.69, 9.17) is 4.74 Å². The van der Waals surface area contributed by atoms with Crippen molar-refractivity contribution in [3.8, 4) is 5.75 Å². The maximum absolute atomic E-state index is 12.6. The number of hydrogen-bond acceptors (Lipinski definition) is 4. The molecule has 1 heterocycles. The van der Waals surface area contributed by atoms with Crippen LogP contribution in [-0.4, -0.2) is 38.3 Å². The summed E-state index contributed by atoms with van der Waals surface area (Å²) in [6.45, 7) is 1.02. The van der Waals surface area contributed by atoms with Crippen LogP contribution in [-0.2, 0) is 14.8 Å². The van der Waals surface area contributed by atoms with Gasteiger partial charge in [0.15, 0.2) is 6.61 Å². The lowest BCUT2D eigenvalue weighted by Gasteiger charge is -2.25. The van der Waals surface area contributed by atoms with Gasteiger partial charge in [-0.05, 0) is 49.2 Å². The predicted octanol–water partition coefficient (Wildman–Crippen LogP) is 2.88. The Balaban J connectivity index is 1.58. The Labute approximate surface area is 153 Å². The summed E-state index contributed by atoms with van der Waals surface area (Å²) >= 11 is 0. The van der Waals surface area contributed by atoms with Gasteiger partial charge in [-0.3, -0.25) is 4.79 Å². The molecule has 6 nitrogen and oxygen atoms in total. The molecule has 3 rings (SSSR count). The topological polar surface area (TPSA) is 75.7 Å². The van der Waals surface area contributed by atoms with Gasteiger partial charge in [0.1, 0.15) is 5.75 Å². The Morgan fingerprint density at radius 1 is 0.962 bits per heavy atom. The molecule has 0 aromatic heterocycles. The first-order valence-electron chi connectivity index (χ1n) is 8.64. The van der Waals surface area contributed by atoms with Crippen LogP contribution < -0.4 is 10.1 Å². The summed E-state index contributed by atoms with van der Waals surface area (Å²) < 4.78 is 32.1. The van der Waals surface area contributed by atoms with Crippen molar-refractivity contribution < 1.29 is 17.9 Å². The number of nitrogens with zero attached hydrogens (tertiary/aromatic N) is 1. The minimum atomic E-state index is -3.46. The van der Waals surface area contributed by atoms with E-state index in [0.29, 0.717) is 24.5 Å². The van der Waals surface area contributed by atoms with Crippen LogP contribution in [0.2, 0.25) is 0 Å². The Hall–Kier alpha value is -2.38. The maximum atomic E-state index is 12.6. The molecule has 0 spiro atoms. The smallest absolute Gasteiger partial charge is 0.262 e. The third-order valence-corrected chi connectivity index (χ3v) is 6.12. The van der Waals surface area contributed by atoms with Crippen LogP contribution in [0, 0.1) is 0 Å². The third kappa shape index (κ3) is 4.62. The highest BCUT2D eigenvalue weighted by molar-refractivity contribution is 7.89. The van der Waals surface area contributed by atoms with E-state index in [-0.39, 0.29) is 17.4 Å². The fourth-order valence-electron chi connectivity index (χ4n) is 2.83.